The molecule has 0 amide bonds. The van der Waals surface area contributed by atoms with E-state index in [0.29, 0.717) is 6.04 Å². The van der Waals surface area contributed by atoms with Crippen molar-refractivity contribution in [3.8, 4) is 0 Å². The van der Waals surface area contributed by atoms with Gasteiger partial charge in [-0.25, -0.2) is 0 Å². The molecule has 1 unspecified atom stereocenters. The average Bonchev–Trinajstić information content (AvgIpc) is 2.42. The minimum atomic E-state index is 0.164. The van der Waals surface area contributed by atoms with E-state index in [1.54, 1.807) is 0 Å². The number of ether oxygens (including phenoxy) is 2. The van der Waals surface area contributed by atoms with Crippen molar-refractivity contribution in [3.63, 3.8) is 0 Å². The highest BCUT2D eigenvalue weighted by Gasteiger charge is 2.11. The first-order valence-corrected chi connectivity index (χ1v) is 7.88. The molecule has 0 aromatic rings. The number of nitrogens with zero attached hydrogens (tertiary/aromatic N) is 1. The van der Waals surface area contributed by atoms with Gasteiger partial charge in [-0.2, -0.15) is 0 Å². The van der Waals surface area contributed by atoms with Crippen LogP contribution in [0.4, 0.5) is 0 Å². The molecule has 0 radical (unpaired) electrons. The first kappa shape index (κ1) is 19.8. The zero-order valence-corrected chi connectivity index (χ0v) is 13.7. The minimum Gasteiger partial charge on any atom is -0.395 e. The summed E-state index contributed by atoms with van der Waals surface area (Å²) in [5, 5.41) is 12.8. The van der Waals surface area contributed by atoms with Gasteiger partial charge in [0.1, 0.15) is 0 Å². The Morgan fingerprint density at radius 3 is 1.95 bits per heavy atom. The van der Waals surface area contributed by atoms with E-state index in [1.165, 1.54) is 0 Å². The summed E-state index contributed by atoms with van der Waals surface area (Å²) in [6.07, 6.45) is 0.937. The highest BCUT2D eigenvalue weighted by molar-refractivity contribution is 4.71. The topological polar surface area (TPSA) is 54.0 Å². The first-order chi connectivity index (χ1) is 9.63. The van der Waals surface area contributed by atoms with Crippen LogP contribution in [0.5, 0.6) is 0 Å². The number of nitrogens with one attached hydrogen (secondary N) is 1. The molecule has 5 heteroatoms. The maximum absolute atomic E-state index is 9.39. The third-order valence-electron chi connectivity index (χ3n) is 3.10. The Bertz CT molecular complexity index is 194. The molecule has 2 N–H and O–H groups in total. The molecule has 0 aromatic carbocycles. The second-order valence-electron chi connectivity index (χ2n) is 5.23. The van der Waals surface area contributed by atoms with E-state index in [0.717, 1.165) is 52.5 Å². The van der Waals surface area contributed by atoms with Crippen molar-refractivity contribution in [1.29, 1.82) is 0 Å². The first-order valence-electron chi connectivity index (χ1n) is 7.88. The van der Waals surface area contributed by atoms with Gasteiger partial charge in [0.2, 0.25) is 0 Å². The van der Waals surface area contributed by atoms with Crippen molar-refractivity contribution >= 4 is 0 Å². The van der Waals surface area contributed by atoms with Crippen molar-refractivity contribution in [2.75, 3.05) is 52.7 Å². The fourth-order valence-electron chi connectivity index (χ4n) is 2.05. The molecule has 0 aliphatic heterocycles. The van der Waals surface area contributed by atoms with Crippen LogP contribution in [-0.4, -0.2) is 74.8 Å². The van der Waals surface area contributed by atoms with Crippen LogP contribution in [0.3, 0.4) is 0 Å². The summed E-state index contributed by atoms with van der Waals surface area (Å²) in [7, 11) is 0. The van der Waals surface area contributed by atoms with Crippen molar-refractivity contribution in [1.82, 2.24) is 10.2 Å². The summed E-state index contributed by atoms with van der Waals surface area (Å²) in [5.41, 5.74) is 0. The van der Waals surface area contributed by atoms with E-state index < -0.39 is 0 Å². The highest BCUT2D eigenvalue weighted by atomic mass is 16.5. The van der Waals surface area contributed by atoms with Crippen LogP contribution in [0.25, 0.3) is 0 Å². The van der Waals surface area contributed by atoms with Gasteiger partial charge < -0.3 is 19.9 Å². The Labute approximate surface area is 124 Å². The monoisotopic (exact) mass is 290 g/mol. The second kappa shape index (κ2) is 13.8. The lowest BCUT2D eigenvalue weighted by molar-refractivity contribution is 0.0793. The molecule has 5 nitrogen and oxygen atoms in total. The SMILES string of the molecule is CCOCCN(CCOCC)CCC(CO)NC(C)C. The summed E-state index contributed by atoms with van der Waals surface area (Å²) in [6, 6.07) is 0.559. The van der Waals surface area contributed by atoms with Crippen LogP contribution in [0, 0.1) is 0 Å². The molecule has 0 fully saturated rings. The Morgan fingerprint density at radius 1 is 1.00 bits per heavy atom. The van der Waals surface area contributed by atoms with Crippen LogP contribution < -0.4 is 5.32 Å². The van der Waals surface area contributed by atoms with E-state index in [4.69, 9.17) is 9.47 Å². The molecule has 0 saturated heterocycles. The molecule has 0 saturated carbocycles. The van der Waals surface area contributed by atoms with Crippen LogP contribution in [0.1, 0.15) is 34.1 Å². The molecule has 0 aliphatic carbocycles. The van der Waals surface area contributed by atoms with Crippen molar-refractivity contribution in [2.24, 2.45) is 0 Å². The second-order valence-corrected chi connectivity index (χ2v) is 5.23. The molecule has 0 aromatic heterocycles. The van der Waals surface area contributed by atoms with Crippen molar-refractivity contribution in [3.05, 3.63) is 0 Å². The standard InChI is InChI=1S/C15H34N2O3/c1-5-19-11-9-17(10-12-20-6-2)8-7-15(13-18)16-14(3)4/h14-16,18H,5-13H2,1-4H3. The lowest BCUT2D eigenvalue weighted by atomic mass is 10.2. The van der Waals surface area contributed by atoms with E-state index in [2.05, 4.69) is 24.1 Å². The summed E-state index contributed by atoms with van der Waals surface area (Å²) >= 11 is 0. The smallest absolute Gasteiger partial charge is 0.0593 e. The van der Waals surface area contributed by atoms with Crippen LogP contribution in [0.15, 0.2) is 0 Å². The fourth-order valence-corrected chi connectivity index (χ4v) is 2.05. The molecule has 0 heterocycles. The van der Waals surface area contributed by atoms with Crippen molar-refractivity contribution < 1.29 is 14.6 Å². The average molecular weight is 290 g/mol. The Hall–Kier alpha value is -0.200. The fraction of sp³-hybridized carbons (Fsp3) is 1.00. The van der Waals surface area contributed by atoms with Gasteiger partial charge in [0.15, 0.2) is 0 Å². The van der Waals surface area contributed by atoms with Gasteiger partial charge in [0, 0.05) is 38.4 Å². The largest absolute Gasteiger partial charge is 0.395 e. The molecular formula is C15H34N2O3. The maximum Gasteiger partial charge on any atom is 0.0593 e. The maximum atomic E-state index is 9.39. The van der Waals surface area contributed by atoms with E-state index in [1.807, 2.05) is 13.8 Å². The van der Waals surface area contributed by atoms with E-state index >= 15 is 0 Å². The summed E-state index contributed by atoms with van der Waals surface area (Å²) in [5.74, 6) is 0. The third kappa shape index (κ3) is 11.6. The van der Waals surface area contributed by atoms with Crippen LogP contribution in [0.2, 0.25) is 0 Å². The number of rotatable bonds is 14. The van der Waals surface area contributed by atoms with Gasteiger partial charge in [-0.05, 0) is 26.8 Å². The normalized spacial score (nSPS) is 13.3. The Kier molecular flexibility index (Phi) is 13.6. The molecule has 0 aliphatic rings. The van der Waals surface area contributed by atoms with Crippen LogP contribution in [-0.2, 0) is 9.47 Å². The van der Waals surface area contributed by atoms with Gasteiger partial charge in [-0.3, -0.25) is 4.90 Å². The molecule has 122 valence electrons. The summed E-state index contributed by atoms with van der Waals surface area (Å²) < 4.78 is 10.8. The quantitative estimate of drug-likeness (QED) is 0.469. The van der Waals surface area contributed by atoms with Gasteiger partial charge in [-0.1, -0.05) is 13.8 Å². The Morgan fingerprint density at radius 2 is 1.55 bits per heavy atom. The predicted octanol–water partition coefficient (Wildman–Crippen LogP) is 1.11. The molecule has 0 spiro atoms. The number of aliphatic hydroxyl groups is 1. The Balaban J connectivity index is 4.02. The summed E-state index contributed by atoms with van der Waals surface area (Å²) in [4.78, 5) is 2.34. The molecule has 20 heavy (non-hydrogen) atoms. The molecule has 1 atom stereocenters. The predicted molar refractivity (Wildman–Crippen MR) is 83.2 cm³/mol. The lowest BCUT2D eigenvalue weighted by Gasteiger charge is -2.25. The molecule has 0 rings (SSSR count). The molecular weight excluding hydrogens is 256 g/mol. The third-order valence-corrected chi connectivity index (χ3v) is 3.10. The number of aliphatic hydroxyl groups excluding tert-OH is 1. The zero-order chi connectivity index (χ0) is 15.2. The minimum absolute atomic E-state index is 0.164. The number of hydrogen-bond donors (Lipinski definition) is 2. The lowest BCUT2D eigenvalue weighted by Crippen LogP contribution is -2.41. The number of hydrogen-bond acceptors (Lipinski definition) is 5. The van der Waals surface area contributed by atoms with Crippen molar-refractivity contribution in [2.45, 2.75) is 46.2 Å². The van der Waals surface area contributed by atoms with E-state index in [-0.39, 0.29) is 12.6 Å². The highest BCUT2D eigenvalue weighted by Crippen LogP contribution is 1.99. The van der Waals surface area contributed by atoms with Crippen LogP contribution >= 0.6 is 0 Å². The summed E-state index contributed by atoms with van der Waals surface area (Å²) in [6.45, 7) is 14.2. The van der Waals surface area contributed by atoms with Gasteiger partial charge >= 0.3 is 0 Å². The van der Waals surface area contributed by atoms with E-state index in [9.17, 15) is 5.11 Å². The van der Waals surface area contributed by atoms with Gasteiger partial charge in [-0.15, -0.1) is 0 Å². The van der Waals surface area contributed by atoms with Gasteiger partial charge in [0.25, 0.3) is 0 Å². The van der Waals surface area contributed by atoms with Gasteiger partial charge in [0.05, 0.1) is 19.8 Å². The molecule has 0 bridgehead atoms. The zero-order valence-electron chi connectivity index (χ0n) is 13.7.